The van der Waals surface area contributed by atoms with Gasteiger partial charge in [-0.3, -0.25) is 9.88 Å². The van der Waals surface area contributed by atoms with Gasteiger partial charge in [0.15, 0.2) is 0 Å². The summed E-state index contributed by atoms with van der Waals surface area (Å²) in [5.41, 5.74) is 3.30. The van der Waals surface area contributed by atoms with E-state index in [0.29, 0.717) is 0 Å². The highest BCUT2D eigenvalue weighted by atomic mass is 16.5. The van der Waals surface area contributed by atoms with Gasteiger partial charge in [-0.2, -0.15) is 0 Å². The molecule has 1 aliphatic heterocycles. The van der Waals surface area contributed by atoms with E-state index in [4.69, 9.17) is 9.47 Å². The Labute approximate surface area is 127 Å². The van der Waals surface area contributed by atoms with E-state index in [9.17, 15) is 0 Å². The van der Waals surface area contributed by atoms with Gasteiger partial charge in [-0.15, -0.1) is 0 Å². The van der Waals surface area contributed by atoms with Crippen LogP contribution in [0.25, 0.3) is 0 Å². The minimum Gasteiger partial charge on any atom is -0.496 e. The van der Waals surface area contributed by atoms with Gasteiger partial charge in [0.2, 0.25) is 0 Å². The molecular formula is C16H27N3O2. The third-order valence-electron chi connectivity index (χ3n) is 3.97. The third kappa shape index (κ3) is 4.66. The fourth-order valence-corrected chi connectivity index (χ4v) is 2.71. The maximum Gasteiger partial charge on any atom is 0.128 e. The van der Waals surface area contributed by atoms with Gasteiger partial charge in [0.1, 0.15) is 5.75 Å². The molecule has 1 N–H and O–H groups in total. The van der Waals surface area contributed by atoms with Crippen LogP contribution in [-0.4, -0.2) is 56.4 Å². The number of rotatable bonds is 7. The first-order chi connectivity index (χ1) is 10.2. The zero-order valence-corrected chi connectivity index (χ0v) is 13.4. The quantitative estimate of drug-likeness (QED) is 0.772. The van der Waals surface area contributed by atoms with Gasteiger partial charge in [0.25, 0.3) is 0 Å². The first-order valence-electron chi connectivity index (χ1n) is 7.72. The molecule has 1 fully saturated rings. The van der Waals surface area contributed by atoms with E-state index in [1.807, 2.05) is 13.1 Å². The molecule has 1 aromatic heterocycles. The highest BCUT2D eigenvalue weighted by Crippen LogP contribution is 2.23. The second-order valence-corrected chi connectivity index (χ2v) is 5.53. The molecule has 0 amide bonds. The Bertz CT molecular complexity index is 445. The number of hydrogen-bond donors (Lipinski definition) is 1. The fourth-order valence-electron chi connectivity index (χ4n) is 2.71. The van der Waals surface area contributed by atoms with Gasteiger partial charge in [-0.05, 0) is 33.4 Å². The number of methoxy groups -OCH3 is 1. The van der Waals surface area contributed by atoms with Crippen LogP contribution in [0, 0.1) is 13.8 Å². The molecule has 0 bridgehead atoms. The van der Waals surface area contributed by atoms with Crippen LogP contribution in [0.15, 0.2) is 6.20 Å². The Hall–Kier alpha value is -1.17. The molecule has 0 aromatic carbocycles. The lowest BCUT2D eigenvalue weighted by Gasteiger charge is -2.26. The summed E-state index contributed by atoms with van der Waals surface area (Å²) in [5.74, 6) is 0.954. The van der Waals surface area contributed by atoms with Crippen LogP contribution >= 0.6 is 0 Å². The zero-order valence-electron chi connectivity index (χ0n) is 13.4. The maximum atomic E-state index is 5.44. The lowest BCUT2D eigenvalue weighted by atomic mass is 10.1. The molecule has 5 heteroatoms. The van der Waals surface area contributed by atoms with Crippen molar-refractivity contribution in [3.05, 3.63) is 23.0 Å². The molecule has 1 aliphatic rings. The number of morpholine rings is 1. The lowest BCUT2D eigenvalue weighted by molar-refractivity contribution is 0.0374. The highest BCUT2D eigenvalue weighted by molar-refractivity contribution is 5.40. The predicted octanol–water partition coefficient (Wildman–Crippen LogP) is 1.52. The summed E-state index contributed by atoms with van der Waals surface area (Å²) in [4.78, 5) is 6.97. The molecule has 1 saturated heterocycles. The first kappa shape index (κ1) is 16.2. The van der Waals surface area contributed by atoms with Crippen LogP contribution in [0.4, 0.5) is 0 Å². The van der Waals surface area contributed by atoms with Crippen LogP contribution in [-0.2, 0) is 11.3 Å². The minimum atomic E-state index is 0.797. The Morgan fingerprint density at radius 1 is 1.33 bits per heavy atom. The second-order valence-electron chi connectivity index (χ2n) is 5.53. The summed E-state index contributed by atoms with van der Waals surface area (Å²) < 4.78 is 10.8. The molecule has 118 valence electrons. The molecular weight excluding hydrogens is 266 g/mol. The fraction of sp³-hybridized carbons (Fsp3) is 0.688. The standard InChI is InChI=1S/C16H27N3O2/c1-13-11-18-15(14(2)16(13)20-3)12-17-5-4-6-19-7-9-21-10-8-19/h11,17H,4-10,12H2,1-3H3. The van der Waals surface area contributed by atoms with E-state index in [0.717, 1.165) is 74.9 Å². The van der Waals surface area contributed by atoms with Gasteiger partial charge < -0.3 is 14.8 Å². The molecule has 0 unspecified atom stereocenters. The molecule has 0 atom stereocenters. The topological polar surface area (TPSA) is 46.6 Å². The molecule has 0 saturated carbocycles. The molecule has 0 aliphatic carbocycles. The Kier molecular flexibility index (Phi) is 6.42. The van der Waals surface area contributed by atoms with Crippen molar-refractivity contribution in [1.29, 1.82) is 0 Å². The lowest BCUT2D eigenvalue weighted by Crippen LogP contribution is -2.37. The van der Waals surface area contributed by atoms with Crippen molar-refractivity contribution < 1.29 is 9.47 Å². The van der Waals surface area contributed by atoms with Gasteiger partial charge >= 0.3 is 0 Å². The van der Waals surface area contributed by atoms with E-state index in [-0.39, 0.29) is 0 Å². The molecule has 21 heavy (non-hydrogen) atoms. The zero-order chi connectivity index (χ0) is 15.1. The number of nitrogens with one attached hydrogen (secondary N) is 1. The monoisotopic (exact) mass is 293 g/mol. The highest BCUT2D eigenvalue weighted by Gasteiger charge is 2.10. The molecule has 5 nitrogen and oxygen atoms in total. The van der Waals surface area contributed by atoms with E-state index < -0.39 is 0 Å². The van der Waals surface area contributed by atoms with Crippen LogP contribution in [0.3, 0.4) is 0 Å². The van der Waals surface area contributed by atoms with Gasteiger partial charge in [-0.25, -0.2) is 0 Å². The summed E-state index contributed by atoms with van der Waals surface area (Å²) in [6.07, 6.45) is 3.04. The van der Waals surface area contributed by atoms with Gasteiger partial charge in [0.05, 0.1) is 26.0 Å². The van der Waals surface area contributed by atoms with Crippen LogP contribution < -0.4 is 10.1 Å². The number of nitrogens with zero attached hydrogens (tertiary/aromatic N) is 2. The van der Waals surface area contributed by atoms with Crippen molar-refractivity contribution in [2.24, 2.45) is 0 Å². The maximum absolute atomic E-state index is 5.44. The van der Waals surface area contributed by atoms with Crippen molar-refractivity contribution >= 4 is 0 Å². The largest absolute Gasteiger partial charge is 0.496 e. The first-order valence-corrected chi connectivity index (χ1v) is 7.72. The molecule has 2 heterocycles. The smallest absolute Gasteiger partial charge is 0.128 e. The summed E-state index contributed by atoms with van der Waals surface area (Å²) in [6.45, 7) is 10.9. The Balaban J connectivity index is 1.71. The Morgan fingerprint density at radius 2 is 2.10 bits per heavy atom. The van der Waals surface area contributed by atoms with E-state index in [1.165, 1.54) is 0 Å². The van der Waals surface area contributed by atoms with Crippen molar-refractivity contribution in [3.63, 3.8) is 0 Å². The van der Waals surface area contributed by atoms with E-state index in [2.05, 4.69) is 22.1 Å². The van der Waals surface area contributed by atoms with Crippen molar-refractivity contribution in [2.75, 3.05) is 46.5 Å². The van der Waals surface area contributed by atoms with Crippen molar-refractivity contribution in [1.82, 2.24) is 15.2 Å². The average molecular weight is 293 g/mol. The molecule has 2 rings (SSSR count). The van der Waals surface area contributed by atoms with Crippen LogP contribution in [0.2, 0.25) is 0 Å². The molecule has 0 spiro atoms. The summed E-state index contributed by atoms with van der Waals surface area (Å²) >= 11 is 0. The summed E-state index contributed by atoms with van der Waals surface area (Å²) in [5, 5.41) is 3.48. The van der Waals surface area contributed by atoms with Crippen LogP contribution in [0.5, 0.6) is 5.75 Å². The Morgan fingerprint density at radius 3 is 2.81 bits per heavy atom. The van der Waals surface area contributed by atoms with Crippen molar-refractivity contribution in [2.45, 2.75) is 26.8 Å². The molecule has 1 aromatic rings. The van der Waals surface area contributed by atoms with E-state index >= 15 is 0 Å². The van der Waals surface area contributed by atoms with Gasteiger partial charge in [0, 0.05) is 37.0 Å². The molecule has 0 radical (unpaired) electrons. The van der Waals surface area contributed by atoms with Crippen LogP contribution in [0.1, 0.15) is 23.2 Å². The SMILES string of the molecule is COc1c(C)cnc(CNCCCN2CCOCC2)c1C. The number of ether oxygens (including phenoxy) is 2. The average Bonchev–Trinajstić information content (AvgIpc) is 2.50. The van der Waals surface area contributed by atoms with Crippen molar-refractivity contribution in [3.8, 4) is 5.75 Å². The van der Waals surface area contributed by atoms with E-state index in [1.54, 1.807) is 7.11 Å². The number of pyridine rings is 1. The summed E-state index contributed by atoms with van der Waals surface area (Å²) in [6, 6.07) is 0. The second kappa shape index (κ2) is 8.32. The number of aryl methyl sites for hydroxylation is 1. The predicted molar refractivity (Wildman–Crippen MR) is 83.8 cm³/mol. The third-order valence-corrected chi connectivity index (χ3v) is 3.97. The number of aromatic nitrogens is 1. The minimum absolute atomic E-state index is 0.797. The van der Waals surface area contributed by atoms with Gasteiger partial charge in [-0.1, -0.05) is 0 Å². The normalized spacial score (nSPS) is 16.1. The number of hydrogen-bond acceptors (Lipinski definition) is 5. The summed E-state index contributed by atoms with van der Waals surface area (Å²) in [7, 11) is 1.72.